The fraction of sp³-hybridized carbons (Fsp3) is 0.529. The van der Waals surface area contributed by atoms with Gasteiger partial charge in [-0.15, -0.1) is 0 Å². The second kappa shape index (κ2) is 7.55. The van der Waals surface area contributed by atoms with Crippen molar-refractivity contribution < 1.29 is 19.1 Å². The van der Waals surface area contributed by atoms with E-state index in [1.807, 2.05) is 4.90 Å². The normalized spacial score (nSPS) is 20.0. The smallest absolute Gasteiger partial charge is 0.307 e. The molecule has 126 valence electrons. The van der Waals surface area contributed by atoms with Crippen molar-refractivity contribution in [1.82, 2.24) is 9.80 Å². The number of rotatable bonds is 5. The van der Waals surface area contributed by atoms with E-state index in [2.05, 4.69) is 0 Å². The minimum atomic E-state index is -0.803. The first kappa shape index (κ1) is 17.4. The summed E-state index contributed by atoms with van der Waals surface area (Å²) in [7, 11) is 1.68. The maximum atomic E-state index is 13.2. The lowest BCUT2D eigenvalue weighted by molar-refractivity contribution is -0.146. The minimum Gasteiger partial charge on any atom is -0.481 e. The minimum absolute atomic E-state index is 0.0831. The van der Waals surface area contributed by atoms with Crippen LogP contribution in [0, 0.1) is 11.7 Å². The number of piperidine rings is 1. The van der Waals surface area contributed by atoms with Gasteiger partial charge in [0, 0.05) is 20.1 Å². The van der Waals surface area contributed by atoms with Crippen molar-refractivity contribution in [3.63, 3.8) is 0 Å². The van der Waals surface area contributed by atoms with Gasteiger partial charge in [0.05, 0.1) is 12.0 Å². The monoisotopic (exact) mass is 322 g/mol. The molecule has 1 N–H and O–H groups in total. The average molecular weight is 322 g/mol. The third-order valence-electron chi connectivity index (χ3n) is 4.39. The number of nitrogens with zero attached hydrogens (tertiary/aromatic N) is 2. The van der Waals surface area contributed by atoms with E-state index in [0.717, 1.165) is 18.5 Å². The number of likely N-dealkylation sites (N-methyl/N-ethyl adjacent to an activating group) is 1. The van der Waals surface area contributed by atoms with Crippen LogP contribution in [0.3, 0.4) is 0 Å². The molecule has 0 saturated carbocycles. The zero-order valence-corrected chi connectivity index (χ0v) is 13.5. The summed E-state index contributed by atoms with van der Waals surface area (Å²) in [5, 5.41) is 9.15. The van der Waals surface area contributed by atoms with Crippen LogP contribution < -0.4 is 0 Å². The standard InChI is InChI=1S/C17H23FN2O3/c1-12(20-8-4-6-14(11-20)17(22)23)16(21)19(2)10-13-5-3-7-15(18)9-13/h3,5,7,9,12,14H,4,6,8,10-11H2,1-2H3,(H,22,23). The topological polar surface area (TPSA) is 60.9 Å². The summed E-state index contributed by atoms with van der Waals surface area (Å²) in [5.41, 5.74) is 0.732. The highest BCUT2D eigenvalue weighted by Crippen LogP contribution is 2.20. The van der Waals surface area contributed by atoms with Crippen LogP contribution in [0.1, 0.15) is 25.3 Å². The Hall–Kier alpha value is -1.95. The lowest BCUT2D eigenvalue weighted by Crippen LogP contribution is -2.50. The van der Waals surface area contributed by atoms with Crippen LogP contribution in [0.4, 0.5) is 4.39 Å². The Morgan fingerprint density at radius 3 is 2.87 bits per heavy atom. The van der Waals surface area contributed by atoms with E-state index in [9.17, 15) is 14.0 Å². The summed E-state index contributed by atoms with van der Waals surface area (Å²) in [6, 6.07) is 5.80. The van der Waals surface area contributed by atoms with Gasteiger partial charge < -0.3 is 10.0 Å². The van der Waals surface area contributed by atoms with Crippen LogP contribution >= 0.6 is 0 Å². The van der Waals surface area contributed by atoms with E-state index in [4.69, 9.17) is 5.11 Å². The third kappa shape index (κ3) is 4.51. The summed E-state index contributed by atoms with van der Waals surface area (Å²) in [6.45, 7) is 3.26. The molecule has 1 amide bonds. The summed E-state index contributed by atoms with van der Waals surface area (Å²) in [4.78, 5) is 27.2. The predicted molar refractivity (Wildman–Crippen MR) is 84.3 cm³/mol. The lowest BCUT2D eigenvalue weighted by atomic mass is 9.97. The Labute approximate surface area is 135 Å². The van der Waals surface area contributed by atoms with Crippen LogP contribution in [0.15, 0.2) is 24.3 Å². The first-order valence-electron chi connectivity index (χ1n) is 7.84. The first-order chi connectivity index (χ1) is 10.9. The molecule has 0 aliphatic carbocycles. The molecule has 1 fully saturated rings. The number of benzene rings is 1. The Balaban J connectivity index is 1.96. The largest absolute Gasteiger partial charge is 0.481 e. The van der Waals surface area contributed by atoms with Gasteiger partial charge in [0.25, 0.3) is 0 Å². The number of hydrogen-bond donors (Lipinski definition) is 1. The Morgan fingerprint density at radius 2 is 2.22 bits per heavy atom. The predicted octanol–water partition coefficient (Wildman–Crippen LogP) is 1.97. The van der Waals surface area contributed by atoms with Gasteiger partial charge in [0.1, 0.15) is 5.82 Å². The van der Waals surface area contributed by atoms with Crippen molar-refractivity contribution >= 4 is 11.9 Å². The second-order valence-corrected chi connectivity index (χ2v) is 6.17. The van der Waals surface area contributed by atoms with Gasteiger partial charge in [-0.05, 0) is 44.0 Å². The quantitative estimate of drug-likeness (QED) is 0.900. The van der Waals surface area contributed by atoms with Crippen LogP contribution in [-0.2, 0) is 16.1 Å². The van der Waals surface area contributed by atoms with Crippen molar-refractivity contribution in [2.75, 3.05) is 20.1 Å². The van der Waals surface area contributed by atoms with Crippen LogP contribution in [0.2, 0.25) is 0 Å². The van der Waals surface area contributed by atoms with E-state index >= 15 is 0 Å². The average Bonchev–Trinajstić information content (AvgIpc) is 2.53. The number of carboxylic acids is 1. The molecular formula is C17H23FN2O3. The Morgan fingerprint density at radius 1 is 1.48 bits per heavy atom. The summed E-state index contributed by atoms with van der Waals surface area (Å²) in [5.74, 6) is -1.62. The molecule has 1 aromatic carbocycles. The van der Waals surface area contributed by atoms with Crippen molar-refractivity contribution in [2.45, 2.75) is 32.4 Å². The van der Waals surface area contributed by atoms with Gasteiger partial charge in [0.2, 0.25) is 5.91 Å². The van der Waals surface area contributed by atoms with Crippen molar-refractivity contribution in [3.8, 4) is 0 Å². The number of amides is 1. The molecule has 0 bridgehead atoms. The van der Waals surface area contributed by atoms with Crippen molar-refractivity contribution in [1.29, 1.82) is 0 Å². The number of aliphatic carboxylic acids is 1. The second-order valence-electron chi connectivity index (χ2n) is 6.17. The zero-order valence-electron chi connectivity index (χ0n) is 13.5. The molecule has 5 nitrogen and oxygen atoms in total. The van der Waals surface area contributed by atoms with E-state index in [1.54, 1.807) is 31.0 Å². The van der Waals surface area contributed by atoms with Gasteiger partial charge >= 0.3 is 5.97 Å². The lowest BCUT2D eigenvalue weighted by Gasteiger charge is -2.36. The van der Waals surface area contributed by atoms with Crippen LogP contribution in [-0.4, -0.2) is 53.0 Å². The van der Waals surface area contributed by atoms with Gasteiger partial charge in [0.15, 0.2) is 0 Å². The van der Waals surface area contributed by atoms with Crippen molar-refractivity contribution in [3.05, 3.63) is 35.6 Å². The van der Waals surface area contributed by atoms with E-state index < -0.39 is 11.9 Å². The fourth-order valence-corrected chi connectivity index (χ4v) is 3.02. The molecule has 0 spiro atoms. The SMILES string of the molecule is CC(C(=O)N(C)Cc1cccc(F)c1)N1CCCC(C(=O)O)C1. The summed E-state index contributed by atoms with van der Waals surface area (Å²) in [6.07, 6.45) is 1.44. The maximum absolute atomic E-state index is 13.2. The molecule has 6 heteroatoms. The Kier molecular flexibility index (Phi) is 5.71. The molecule has 0 aromatic heterocycles. The highest BCUT2D eigenvalue weighted by molar-refractivity contribution is 5.81. The van der Waals surface area contributed by atoms with Gasteiger partial charge in [-0.1, -0.05) is 12.1 Å². The molecule has 23 heavy (non-hydrogen) atoms. The highest BCUT2D eigenvalue weighted by Gasteiger charge is 2.31. The van der Waals surface area contributed by atoms with Crippen LogP contribution in [0.25, 0.3) is 0 Å². The molecule has 1 heterocycles. The summed E-state index contributed by atoms with van der Waals surface area (Å²) < 4.78 is 13.2. The third-order valence-corrected chi connectivity index (χ3v) is 4.39. The first-order valence-corrected chi connectivity index (χ1v) is 7.84. The highest BCUT2D eigenvalue weighted by atomic mass is 19.1. The van der Waals surface area contributed by atoms with Crippen molar-refractivity contribution in [2.24, 2.45) is 5.92 Å². The molecule has 2 atom stereocenters. The molecule has 2 unspecified atom stereocenters. The molecule has 1 aliphatic heterocycles. The van der Waals surface area contributed by atoms with E-state index in [1.165, 1.54) is 12.1 Å². The van der Waals surface area contributed by atoms with Gasteiger partial charge in [-0.25, -0.2) is 4.39 Å². The number of carbonyl (C=O) groups is 2. The maximum Gasteiger partial charge on any atom is 0.307 e. The van der Waals surface area contributed by atoms with Crippen LogP contribution in [0.5, 0.6) is 0 Å². The summed E-state index contributed by atoms with van der Waals surface area (Å²) >= 11 is 0. The number of carbonyl (C=O) groups excluding carboxylic acids is 1. The van der Waals surface area contributed by atoms with Gasteiger partial charge in [-0.3, -0.25) is 14.5 Å². The number of halogens is 1. The van der Waals surface area contributed by atoms with E-state index in [0.29, 0.717) is 19.5 Å². The molecule has 1 aliphatic rings. The zero-order chi connectivity index (χ0) is 17.0. The van der Waals surface area contributed by atoms with Gasteiger partial charge in [-0.2, -0.15) is 0 Å². The number of likely N-dealkylation sites (tertiary alicyclic amines) is 1. The van der Waals surface area contributed by atoms with E-state index in [-0.39, 0.29) is 17.8 Å². The molecular weight excluding hydrogens is 299 g/mol. The molecule has 1 aromatic rings. The molecule has 2 rings (SSSR count). The molecule has 0 radical (unpaired) electrons. The Bertz CT molecular complexity index is 579. The number of hydrogen-bond acceptors (Lipinski definition) is 3. The molecule has 1 saturated heterocycles. The fourth-order valence-electron chi connectivity index (χ4n) is 3.02. The number of carboxylic acid groups (broad SMARTS) is 1.